The lowest BCUT2D eigenvalue weighted by Crippen LogP contribution is -1.95. The number of hydrogen-bond acceptors (Lipinski definition) is 3. The first-order valence-electron chi connectivity index (χ1n) is 4.66. The Morgan fingerprint density at radius 2 is 2.12 bits per heavy atom. The van der Waals surface area contributed by atoms with Gasteiger partial charge in [-0.1, -0.05) is 6.07 Å². The van der Waals surface area contributed by atoms with Gasteiger partial charge in [0.15, 0.2) is 11.6 Å². The van der Waals surface area contributed by atoms with Crippen LogP contribution < -0.4 is 0 Å². The van der Waals surface area contributed by atoms with Crippen molar-refractivity contribution in [3.8, 4) is 11.5 Å². The number of carboxylic acid groups (broad SMARTS) is 1. The molecular formula is C11H7F2NO3. The number of benzene rings is 1. The third-order valence-corrected chi connectivity index (χ3v) is 2.17. The van der Waals surface area contributed by atoms with Crippen LogP contribution in [-0.2, 0) is 0 Å². The Balaban J connectivity index is 2.58. The minimum Gasteiger partial charge on any atom is -0.475 e. The molecular weight excluding hydrogens is 232 g/mol. The van der Waals surface area contributed by atoms with Crippen molar-refractivity contribution < 1.29 is 23.1 Å². The van der Waals surface area contributed by atoms with Crippen molar-refractivity contribution in [1.82, 2.24) is 4.98 Å². The molecule has 2 rings (SSSR count). The predicted octanol–water partition coefficient (Wildman–Crippen LogP) is 2.63. The second-order valence-corrected chi connectivity index (χ2v) is 3.34. The Morgan fingerprint density at radius 1 is 1.41 bits per heavy atom. The average Bonchev–Trinajstić information content (AvgIpc) is 2.64. The molecule has 1 heterocycles. The predicted molar refractivity (Wildman–Crippen MR) is 53.6 cm³/mol. The number of rotatable bonds is 2. The van der Waals surface area contributed by atoms with Gasteiger partial charge in [-0.3, -0.25) is 0 Å². The third kappa shape index (κ3) is 1.89. The fourth-order valence-corrected chi connectivity index (χ4v) is 1.38. The molecule has 6 heteroatoms. The van der Waals surface area contributed by atoms with Crippen LogP contribution in [0.2, 0.25) is 0 Å². The quantitative estimate of drug-likeness (QED) is 0.874. The summed E-state index contributed by atoms with van der Waals surface area (Å²) in [5.74, 6) is -4.11. The number of carboxylic acids is 1. The van der Waals surface area contributed by atoms with Gasteiger partial charge in [0.2, 0.25) is 11.7 Å². The molecule has 2 aromatic rings. The van der Waals surface area contributed by atoms with Crippen molar-refractivity contribution in [1.29, 1.82) is 0 Å². The van der Waals surface area contributed by atoms with Crippen LogP contribution in [0.15, 0.2) is 22.6 Å². The van der Waals surface area contributed by atoms with Crippen molar-refractivity contribution in [2.24, 2.45) is 0 Å². The average molecular weight is 239 g/mol. The van der Waals surface area contributed by atoms with Crippen LogP contribution in [0.4, 0.5) is 8.78 Å². The van der Waals surface area contributed by atoms with E-state index in [1.54, 1.807) is 0 Å². The summed E-state index contributed by atoms with van der Waals surface area (Å²) in [5, 5.41) is 8.75. The zero-order valence-electron chi connectivity index (χ0n) is 8.70. The van der Waals surface area contributed by atoms with E-state index in [9.17, 15) is 13.6 Å². The monoisotopic (exact) mass is 239 g/mol. The Bertz CT molecular complexity index is 592. The van der Waals surface area contributed by atoms with E-state index < -0.39 is 17.6 Å². The zero-order chi connectivity index (χ0) is 12.6. The van der Waals surface area contributed by atoms with Crippen molar-refractivity contribution >= 4 is 5.97 Å². The fourth-order valence-electron chi connectivity index (χ4n) is 1.38. The molecule has 1 aromatic heterocycles. The maximum absolute atomic E-state index is 13.4. The van der Waals surface area contributed by atoms with Crippen LogP contribution in [0.25, 0.3) is 11.5 Å². The lowest BCUT2D eigenvalue weighted by molar-refractivity contribution is 0.0662. The molecule has 1 N–H and O–H groups in total. The summed E-state index contributed by atoms with van der Waals surface area (Å²) in [5.41, 5.74) is -0.100. The summed E-state index contributed by atoms with van der Waals surface area (Å²) in [6, 6.07) is 3.50. The number of aromatic carboxylic acids is 1. The number of carbonyl (C=O) groups is 1. The molecule has 1 aromatic carbocycles. The van der Waals surface area contributed by atoms with Gasteiger partial charge in [-0.2, -0.15) is 0 Å². The largest absolute Gasteiger partial charge is 0.475 e. The smallest absolute Gasteiger partial charge is 0.373 e. The summed E-state index contributed by atoms with van der Waals surface area (Å²) in [7, 11) is 0. The van der Waals surface area contributed by atoms with E-state index in [2.05, 4.69) is 4.98 Å². The summed E-state index contributed by atoms with van der Waals surface area (Å²) < 4.78 is 31.3. The summed E-state index contributed by atoms with van der Waals surface area (Å²) in [6.45, 7) is 1.41. The van der Waals surface area contributed by atoms with Crippen molar-refractivity contribution in [2.75, 3.05) is 0 Å². The minimum absolute atomic E-state index is 0.108. The molecule has 0 radical (unpaired) electrons. The highest BCUT2D eigenvalue weighted by atomic mass is 19.2. The molecule has 0 aliphatic carbocycles. The van der Waals surface area contributed by atoms with Crippen LogP contribution in [0.1, 0.15) is 16.2 Å². The van der Waals surface area contributed by atoms with Gasteiger partial charge in [0.25, 0.3) is 0 Å². The van der Waals surface area contributed by atoms with Crippen molar-refractivity contribution in [2.45, 2.75) is 6.92 Å². The maximum Gasteiger partial charge on any atom is 0.373 e. The molecule has 0 saturated heterocycles. The molecule has 4 nitrogen and oxygen atoms in total. The highest BCUT2D eigenvalue weighted by Gasteiger charge is 2.20. The topological polar surface area (TPSA) is 63.3 Å². The number of aromatic nitrogens is 1. The number of oxazole rings is 1. The van der Waals surface area contributed by atoms with E-state index in [0.29, 0.717) is 0 Å². The van der Waals surface area contributed by atoms with E-state index in [1.165, 1.54) is 19.1 Å². The SMILES string of the molecule is Cc1nc(-c2cccc(F)c2F)oc1C(=O)O. The van der Waals surface area contributed by atoms with Gasteiger partial charge in [-0.25, -0.2) is 18.6 Å². The third-order valence-electron chi connectivity index (χ3n) is 2.17. The van der Waals surface area contributed by atoms with Gasteiger partial charge < -0.3 is 9.52 Å². The van der Waals surface area contributed by atoms with Gasteiger partial charge in [0.05, 0.1) is 11.3 Å². The normalized spacial score (nSPS) is 10.5. The first-order valence-corrected chi connectivity index (χ1v) is 4.66. The Labute approximate surface area is 94.5 Å². The molecule has 0 bridgehead atoms. The fraction of sp³-hybridized carbons (Fsp3) is 0.0909. The number of halogens is 2. The molecule has 0 amide bonds. The van der Waals surface area contributed by atoms with Crippen LogP contribution >= 0.6 is 0 Å². The lowest BCUT2D eigenvalue weighted by atomic mass is 10.2. The van der Waals surface area contributed by atoms with E-state index >= 15 is 0 Å². The van der Waals surface area contributed by atoms with Crippen LogP contribution in [0.3, 0.4) is 0 Å². The number of aryl methyl sites for hydroxylation is 1. The van der Waals surface area contributed by atoms with Crippen molar-refractivity contribution in [3.63, 3.8) is 0 Å². The highest BCUT2D eigenvalue weighted by molar-refractivity contribution is 5.86. The van der Waals surface area contributed by atoms with Crippen LogP contribution in [0, 0.1) is 18.6 Å². The molecule has 0 atom stereocenters. The summed E-state index contributed by atoms with van der Waals surface area (Å²) in [6.07, 6.45) is 0. The van der Waals surface area contributed by atoms with Crippen molar-refractivity contribution in [3.05, 3.63) is 41.3 Å². The van der Waals surface area contributed by atoms with E-state index in [4.69, 9.17) is 9.52 Å². The van der Waals surface area contributed by atoms with Gasteiger partial charge in [-0.15, -0.1) is 0 Å². The summed E-state index contributed by atoms with van der Waals surface area (Å²) >= 11 is 0. The summed E-state index contributed by atoms with van der Waals surface area (Å²) in [4.78, 5) is 14.5. The molecule has 0 aliphatic heterocycles. The standard InChI is InChI=1S/C11H7F2NO3/c1-5-9(11(15)16)17-10(14-5)6-3-2-4-7(12)8(6)13/h2-4H,1H3,(H,15,16). The zero-order valence-corrected chi connectivity index (χ0v) is 8.70. The van der Waals surface area contributed by atoms with E-state index in [-0.39, 0.29) is 22.9 Å². The Morgan fingerprint density at radius 3 is 2.71 bits per heavy atom. The first kappa shape index (κ1) is 11.3. The van der Waals surface area contributed by atoms with Gasteiger partial charge in [0.1, 0.15) is 0 Å². The van der Waals surface area contributed by atoms with Crippen LogP contribution in [0.5, 0.6) is 0 Å². The Hall–Kier alpha value is -2.24. The highest BCUT2D eigenvalue weighted by Crippen LogP contribution is 2.25. The first-order chi connectivity index (χ1) is 8.00. The van der Waals surface area contributed by atoms with E-state index in [1.807, 2.05) is 0 Å². The second kappa shape index (κ2) is 3.97. The second-order valence-electron chi connectivity index (χ2n) is 3.34. The van der Waals surface area contributed by atoms with Gasteiger partial charge >= 0.3 is 5.97 Å². The Kier molecular flexibility index (Phi) is 2.63. The molecule has 0 fully saturated rings. The lowest BCUT2D eigenvalue weighted by Gasteiger charge is -1.98. The van der Waals surface area contributed by atoms with Crippen LogP contribution in [-0.4, -0.2) is 16.1 Å². The van der Waals surface area contributed by atoms with E-state index in [0.717, 1.165) is 6.07 Å². The molecule has 0 aliphatic rings. The molecule has 0 spiro atoms. The molecule has 0 unspecified atom stereocenters. The van der Waals surface area contributed by atoms with Gasteiger partial charge in [-0.05, 0) is 19.1 Å². The minimum atomic E-state index is -1.31. The molecule has 17 heavy (non-hydrogen) atoms. The number of nitrogens with zero attached hydrogens (tertiary/aromatic N) is 1. The van der Waals surface area contributed by atoms with Gasteiger partial charge in [0, 0.05) is 0 Å². The maximum atomic E-state index is 13.4. The molecule has 0 saturated carbocycles. The number of hydrogen-bond donors (Lipinski definition) is 1. The molecule has 88 valence electrons.